The molecule has 0 saturated heterocycles. The van der Waals surface area contributed by atoms with Gasteiger partial charge in [0.2, 0.25) is 0 Å². The first-order valence-electron chi connectivity index (χ1n) is 3.59. The second kappa shape index (κ2) is 2.78. The lowest BCUT2D eigenvalue weighted by Crippen LogP contribution is -1.89. The Morgan fingerprint density at radius 3 is 2.55 bits per heavy atom. The summed E-state index contributed by atoms with van der Waals surface area (Å²) in [6.07, 6.45) is 3.57. The van der Waals surface area contributed by atoms with Gasteiger partial charge in [-0.25, -0.2) is 4.68 Å². The zero-order chi connectivity index (χ0) is 8.43. The lowest BCUT2D eigenvalue weighted by molar-refractivity contribution is 0.848. The van der Waals surface area contributed by atoms with Crippen molar-refractivity contribution < 1.29 is 0 Å². The SMILES string of the molecule is CC=Nn1cc(N)c(C)c1C. The van der Waals surface area contributed by atoms with Gasteiger partial charge in [0, 0.05) is 11.9 Å². The normalized spacial score (nSPS) is 11.2. The van der Waals surface area contributed by atoms with Gasteiger partial charge in [-0.05, 0) is 26.3 Å². The van der Waals surface area contributed by atoms with Crippen molar-refractivity contribution in [1.29, 1.82) is 0 Å². The maximum absolute atomic E-state index is 5.68. The summed E-state index contributed by atoms with van der Waals surface area (Å²) in [6.45, 7) is 5.87. The first-order chi connectivity index (χ1) is 5.16. The number of rotatable bonds is 1. The molecule has 1 heterocycles. The summed E-state index contributed by atoms with van der Waals surface area (Å²) in [5, 5.41) is 4.10. The van der Waals surface area contributed by atoms with E-state index < -0.39 is 0 Å². The molecule has 0 saturated carbocycles. The highest BCUT2D eigenvalue weighted by Gasteiger charge is 2.03. The first kappa shape index (κ1) is 7.85. The number of anilines is 1. The van der Waals surface area contributed by atoms with E-state index in [0.717, 1.165) is 16.9 Å². The minimum absolute atomic E-state index is 0.799. The average Bonchev–Trinajstić information content (AvgIpc) is 2.19. The van der Waals surface area contributed by atoms with Crippen LogP contribution in [0.4, 0.5) is 5.69 Å². The van der Waals surface area contributed by atoms with Crippen molar-refractivity contribution >= 4 is 11.9 Å². The van der Waals surface area contributed by atoms with Crippen LogP contribution < -0.4 is 5.73 Å². The van der Waals surface area contributed by atoms with Crippen molar-refractivity contribution in [2.24, 2.45) is 5.10 Å². The number of aromatic nitrogens is 1. The third kappa shape index (κ3) is 1.27. The predicted molar refractivity (Wildman–Crippen MR) is 47.9 cm³/mol. The highest BCUT2D eigenvalue weighted by atomic mass is 15.3. The van der Waals surface area contributed by atoms with Crippen LogP contribution in [0.25, 0.3) is 0 Å². The molecule has 0 aliphatic heterocycles. The maximum atomic E-state index is 5.68. The van der Waals surface area contributed by atoms with Crippen LogP contribution in [0, 0.1) is 13.8 Å². The molecule has 0 amide bonds. The van der Waals surface area contributed by atoms with Crippen LogP contribution in [-0.2, 0) is 0 Å². The van der Waals surface area contributed by atoms with Gasteiger partial charge in [0.15, 0.2) is 0 Å². The van der Waals surface area contributed by atoms with Gasteiger partial charge in [-0.15, -0.1) is 0 Å². The van der Waals surface area contributed by atoms with Crippen LogP contribution in [0.2, 0.25) is 0 Å². The maximum Gasteiger partial charge on any atom is 0.0548 e. The van der Waals surface area contributed by atoms with Crippen molar-refractivity contribution in [2.75, 3.05) is 5.73 Å². The molecule has 0 radical (unpaired) electrons. The van der Waals surface area contributed by atoms with E-state index >= 15 is 0 Å². The summed E-state index contributed by atoms with van der Waals surface area (Å²) in [7, 11) is 0. The van der Waals surface area contributed by atoms with E-state index in [9.17, 15) is 0 Å². The van der Waals surface area contributed by atoms with Crippen LogP contribution in [-0.4, -0.2) is 10.9 Å². The molecule has 0 spiro atoms. The van der Waals surface area contributed by atoms with Gasteiger partial charge >= 0.3 is 0 Å². The molecular formula is C8H13N3. The van der Waals surface area contributed by atoms with Gasteiger partial charge in [0.1, 0.15) is 0 Å². The van der Waals surface area contributed by atoms with Gasteiger partial charge in [-0.2, -0.15) is 5.10 Å². The Kier molecular flexibility index (Phi) is 1.98. The fourth-order valence-electron chi connectivity index (χ4n) is 0.950. The minimum Gasteiger partial charge on any atom is -0.397 e. The van der Waals surface area contributed by atoms with Crippen LogP contribution in [0.5, 0.6) is 0 Å². The Morgan fingerprint density at radius 2 is 2.18 bits per heavy atom. The molecule has 60 valence electrons. The van der Waals surface area contributed by atoms with Crippen molar-refractivity contribution in [3.05, 3.63) is 17.5 Å². The lowest BCUT2D eigenvalue weighted by Gasteiger charge is -1.95. The standard InChI is InChI=1S/C8H13N3/c1-4-10-11-5-8(9)6(2)7(11)3/h4-5H,9H2,1-3H3. The molecule has 3 heteroatoms. The second-order valence-electron chi connectivity index (χ2n) is 2.51. The van der Waals surface area contributed by atoms with Crippen LogP contribution in [0.15, 0.2) is 11.3 Å². The Balaban J connectivity index is 3.18. The van der Waals surface area contributed by atoms with E-state index in [1.807, 2.05) is 27.0 Å². The number of hydrogen-bond donors (Lipinski definition) is 1. The smallest absolute Gasteiger partial charge is 0.0548 e. The molecule has 0 aliphatic carbocycles. The molecule has 3 nitrogen and oxygen atoms in total. The lowest BCUT2D eigenvalue weighted by atomic mass is 10.3. The van der Waals surface area contributed by atoms with Crippen molar-refractivity contribution in [1.82, 2.24) is 4.68 Å². The van der Waals surface area contributed by atoms with E-state index in [0.29, 0.717) is 0 Å². The van der Waals surface area contributed by atoms with E-state index in [1.54, 1.807) is 10.9 Å². The quantitative estimate of drug-likeness (QED) is 0.608. The molecule has 0 aliphatic rings. The molecule has 0 atom stereocenters. The Bertz CT molecular complexity index is 284. The molecular weight excluding hydrogens is 138 g/mol. The van der Waals surface area contributed by atoms with Gasteiger partial charge in [0.25, 0.3) is 0 Å². The van der Waals surface area contributed by atoms with Gasteiger partial charge in [-0.3, -0.25) is 0 Å². The topological polar surface area (TPSA) is 43.3 Å². The van der Waals surface area contributed by atoms with Crippen molar-refractivity contribution in [3.63, 3.8) is 0 Å². The largest absolute Gasteiger partial charge is 0.397 e. The van der Waals surface area contributed by atoms with E-state index in [4.69, 9.17) is 5.73 Å². The summed E-state index contributed by atoms with van der Waals surface area (Å²) in [6, 6.07) is 0. The Morgan fingerprint density at radius 1 is 1.55 bits per heavy atom. The minimum atomic E-state index is 0.799. The zero-order valence-corrected chi connectivity index (χ0v) is 7.13. The molecule has 1 rings (SSSR count). The van der Waals surface area contributed by atoms with Gasteiger partial charge < -0.3 is 5.73 Å². The fourth-order valence-corrected chi connectivity index (χ4v) is 0.950. The molecule has 1 aromatic rings. The molecule has 0 bridgehead atoms. The summed E-state index contributed by atoms with van der Waals surface area (Å²) in [5.74, 6) is 0. The zero-order valence-electron chi connectivity index (χ0n) is 7.13. The fraction of sp³-hybridized carbons (Fsp3) is 0.375. The predicted octanol–water partition coefficient (Wildman–Crippen LogP) is 1.54. The van der Waals surface area contributed by atoms with Gasteiger partial charge in [0.05, 0.1) is 11.9 Å². The molecule has 1 aromatic heterocycles. The molecule has 0 fully saturated rings. The molecule has 2 N–H and O–H groups in total. The van der Waals surface area contributed by atoms with E-state index in [2.05, 4.69) is 5.10 Å². The summed E-state index contributed by atoms with van der Waals surface area (Å²) >= 11 is 0. The monoisotopic (exact) mass is 151 g/mol. The summed E-state index contributed by atoms with van der Waals surface area (Å²) in [4.78, 5) is 0. The van der Waals surface area contributed by atoms with Crippen LogP contribution >= 0.6 is 0 Å². The first-order valence-corrected chi connectivity index (χ1v) is 3.59. The van der Waals surface area contributed by atoms with Crippen molar-refractivity contribution in [2.45, 2.75) is 20.8 Å². The number of nitrogen functional groups attached to an aromatic ring is 1. The number of hydrogen-bond acceptors (Lipinski definition) is 2. The molecule has 11 heavy (non-hydrogen) atoms. The summed E-state index contributed by atoms with van der Waals surface area (Å²) < 4.78 is 1.78. The summed E-state index contributed by atoms with van der Waals surface area (Å²) in [5.41, 5.74) is 8.68. The average molecular weight is 151 g/mol. The number of nitrogens with zero attached hydrogens (tertiary/aromatic N) is 2. The Labute approximate surface area is 66.5 Å². The highest BCUT2D eigenvalue weighted by Crippen LogP contribution is 2.16. The van der Waals surface area contributed by atoms with E-state index in [-0.39, 0.29) is 0 Å². The Hall–Kier alpha value is -1.25. The number of nitrogens with two attached hydrogens (primary N) is 1. The third-order valence-corrected chi connectivity index (χ3v) is 1.82. The van der Waals surface area contributed by atoms with Gasteiger partial charge in [-0.1, -0.05) is 0 Å². The molecule has 0 unspecified atom stereocenters. The highest BCUT2D eigenvalue weighted by molar-refractivity contribution is 5.54. The van der Waals surface area contributed by atoms with Crippen LogP contribution in [0.3, 0.4) is 0 Å². The van der Waals surface area contributed by atoms with Crippen molar-refractivity contribution in [3.8, 4) is 0 Å². The molecule has 0 aromatic carbocycles. The second-order valence-corrected chi connectivity index (χ2v) is 2.51. The van der Waals surface area contributed by atoms with Crippen LogP contribution in [0.1, 0.15) is 18.2 Å². The third-order valence-electron chi connectivity index (χ3n) is 1.82. The van der Waals surface area contributed by atoms with E-state index in [1.165, 1.54) is 0 Å².